The molecule has 0 saturated carbocycles. The van der Waals surface area contributed by atoms with Gasteiger partial charge >= 0.3 is 5.97 Å². The predicted molar refractivity (Wildman–Crippen MR) is 57.3 cm³/mol. The lowest BCUT2D eigenvalue weighted by Gasteiger charge is -1.85. The third kappa shape index (κ3) is 4.51. The first-order valence-electron chi connectivity index (χ1n) is 4.16. The number of aliphatic imine (C=N–C) groups is 1. The van der Waals surface area contributed by atoms with Crippen LogP contribution >= 0.6 is 11.3 Å². The number of carboxylic acids is 1. The van der Waals surface area contributed by atoms with Gasteiger partial charge in [-0.15, -0.1) is 11.3 Å². The second-order valence-electron chi connectivity index (χ2n) is 2.69. The highest BCUT2D eigenvalue weighted by Crippen LogP contribution is 2.10. The van der Waals surface area contributed by atoms with Gasteiger partial charge in [0.15, 0.2) is 18.1 Å². The van der Waals surface area contributed by atoms with Crippen molar-refractivity contribution in [1.29, 1.82) is 0 Å². The molecular formula is C8H9N3O4S. The number of nitrogens with zero attached hydrogens (tertiary/aromatic N) is 2. The molecule has 86 valence electrons. The van der Waals surface area contributed by atoms with Gasteiger partial charge in [0.2, 0.25) is 0 Å². The number of ether oxygens (including phenoxy) is 1. The molecule has 7 nitrogen and oxygen atoms in total. The van der Waals surface area contributed by atoms with Crippen molar-refractivity contribution >= 4 is 34.7 Å². The smallest absolute Gasteiger partial charge is 0.309 e. The lowest BCUT2D eigenvalue weighted by Crippen LogP contribution is -2.00. The van der Waals surface area contributed by atoms with E-state index >= 15 is 0 Å². The van der Waals surface area contributed by atoms with Crippen LogP contribution in [0, 0.1) is 0 Å². The molecular weight excluding hydrogens is 234 g/mol. The van der Waals surface area contributed by atoms with Crippen molar-refractivity contribution in [2.45, 2.75) is 6.42 Å². The largest absolute Gasteiger partial charge is 0.481 e. The second kappa shape index (κ2) is 5.81. The SMILES string of the molecule is Nc1nc(CC(=O)O)cs1.O=C1COC=N1. The normalized spacial score (nSPS) is 12.9. The van der Waals surface area contributed by atoms with Crippen LogP contribution in [0.4, 0.5) is 5.13 Å². The van der Waals surface area contributed by atoms with Gasteiger partial charge in [-0.1, -0.05) is 0 Å². The molecule has 0 radical (unpaired) electrons. The lowest BCUT2D eigenvalue weighted by atomic mass is 10.3. The number of hydrogen-bond acceptors (Lipinski definition) is 6. The molecule has 0 atom stereocenters. The van der Waals surface area contributed by atoms with Gasteiger partial charge in [-0.3, -0.25) is 9.59 Å². The number of hydrogen-bond donors (Lipinski definition) is 2. The molecule has 1 amide bonds. The first kappa shape index (κ1) is 12.1. The van der Waals surface area contributed by atoms with E-state index in [0.717, 1.165) is 6.40 Å². The molecule has 1 aromatic heterocycles. The maximum absolute atomic E-state index is 10.1. The van der Waals surface area contributed by atoms with Gasteiger partial charge in [-0.2, -0.15) is 4.99 Å². The van der Waals surface area contributed by atoms with Crippen LogP contribution in [0.25, 0.3) is 0 Å². The Kier molecular flexibility index (Phi) is 4.40. The molecule has 16 heavy (non-hydrogen) atoms. The third-order valence-electron chi connectivity index (χ3n) is 1.38. The van der Waals surface area contributed by atoms with Crippen LogP contribution in [-0.2, 0) is 20.7 Å². The number of thiazole rings is 1. The zero-order chi connectivity index (χ0) is 12.0. The summed E-state index contributed by atoms with van der Waals surface area (Å²) in [7, 11) is 0. The summed E-state index contributed by atoms with van der Waals surface area (Å²) in [6.07, 6.45) is 1.11. The van der Waals surface area contributed by atoms with Gasteiger partial charge in [0.05, 0.1) is 12.1 Å². The van der Waals surface area contributed by atoms with Crippen LogP contribution in [0.5, 0.6) is 0 Å². The topological polar surface area (TPSA) is 115 Å². The van der Waals surface area contributed by atoms with Crippen molar-refractivity contribution in [2.75, 3.05) is 12.3 Å². The van der Waals surface area contributed by atoms with Gasteiger partial charge in [0.1, 0.15) is 0 Å². The van der Waals surface area contributed by atoms with E-state index in [4.69, 9.17) is 10.8 Å². The highest BCUT2D eigenvalue weighted by molar-refractivity contribution is 7.13. The fraction of sp³-hybridized carbons (Fsp3) is 0.250. The van der Waals surface area contributed by atoms with E-state index in [1.165, 1.54) is 11.3 Å². The van der Waals surface area contributed by atoms with Crippen molar-refractivity contribution in [3.05, 3.63) is 11.1 Å². The molecule has 0 aliphatic carbocycles. The van der Waals surface area contributed by atoms with Crippen LogP contribution in [0.15, 0.2) is 10.4 Å². The number of carbonyl (C=O) groups is 2. The Bertz CT molecular complexity index is 415. The number of nitrogens with two attached hydrogens (primary N) is 1. The van der Waals surface area contributed by atoms with E-state index in [9.17, 15) is 9.59 Å². The number of carbonyl (C=O) groups excluding carboxylic acids is 1. The van der Waals surface area contributed by atoms with E-state index in [1.54, 1.807) is 5.38 Å². The number of rotatable bonds is 2. The fourth-order valence-corrected chi connectivity index (χ4v) is 1.36. The van der Waals surface area contributed by atoms with Gasteiger partial charge in [-0.05, 0) is 0 Å². The molecule has 8 heteroatoms. The monoisotopic (exact) mass is 243 g/mol. The third-order valence-corrected chi connectivity index (χ3v) is 2.10. The highest BCUT2D eigenvalue weighted by Gasteiger charge is 2.02. The van der Waals surface area contributed by atoms with Gasteiger partial charge in [0.25, 0.3) is 5.91 Å². The molecule has 0 spiro atoms. The van der Waals surface area contributed by atoms with Crippen molar-refractivity contribution in [3.8, 4) is 0 Å². The van der Waals surface area contributed by atoms with E-state index in [0.29, 0.717) is 10.8 Å². The molecule has 0 fully saturated rings. The van der Waals surface area contributed by atoms with Crippen molar-refractivity contribution in [3.63, 3.8) is 0 Å². The number of carboxylic acid groups (broad SMARTS) is 1. The fourth-order valence-electron chi connectivity index (χ4n) is 0.801. The Labute approximate surface area is 94.6 Å². The summed E-state index contributed by atoms with van der Waals surface area (Å²) >= 11 is 1.25. The van der Waals surface area contributed by atoms with Crippen LogP contribution in [0.2, 0.25) is 0 Å². The Balaban J connectivity index is 0.000000181. The zero-order valence-corrected chi connectivity index (χ0v) is 8.94. The molecule has 1 aromatic rings. The molecule has 0 bridgehead atoms. The summed E-state index contributed by atoms with van der Waals surface area (Å²) in [6, 6.07) is 0. The van der Waals surface area contributed by atoms with Crippen LogP contribution in [0.1, 0.15) is 5.69 Å². The first-order valence-corrected chi connectivity index (χ1v) is 5.04. The Morgan fingerprint density at radius 3 is 2.75 bits per heavy atom. The first-order chi connectivity index (χ1) is 7.58. The quantitative estimate of drug-likeness (QED) is 0.750. The Morgan fingerprint density at radius 2 is 2.44 bits per heavy atom. The molecule has 3 N–H and O–H groups in total. The van der Waals surface area contributed by atoms with Gasteiger partial charge < -0.3 is 15.6 Å². The summed E-state index contributed by atoms with van der Waals surface area (Å²) < 4.78 is 4.42. The number of anilines is 1. The van der Waals surface area contributed by atoms with Crippen molar-refractivity contribution in [1.82, 2.24) is 4.98 Å². The number of aliphatic carboxylic acids is 1. The van der Waals surface area contributed by atoms with Gasteiger partial charge in [0, 0.05) is 5.38 Å². The molecule has 0 aromatic carbocycles. The minimum Gasteiger partial charge on any atom is -0.481 e. The minimum absolute atomic E-state index is 0.0479. The molecule has 0 saturated heterocycles. The second-order valence-corrected chi connectivity index (χ2v) is 3.58. The van der Waals surface area contributed by atoms with Crippen molar-refractivity contribution < 1.29 is 19.4 Å². The molecule has 1 aliphatic rings. The number of aromatic nitrogens is 1. The molecule has 2 rings (SSSR count). The molecule has 1 aliphatic heterocycles. The predicted octanol–water partition coefficient (Wildman–Crippen LogP) is -0.0761. The standard InChI is InChI=1S/C5H6N2O2S.C3H3NO2/c6-5-7-3(2-10-5)1-4(8)9;5-3-1-6-2-4-3/h2H,1H2,(H2,6,7)(H,8,9);2H,1H2. The van der Waals surface area contributed by atoms with Crippen LogP contribution < -0.4 is 5.73 Å². The summed E-state index contributed by atoms with van der Waals surface area (Å²) in [5.41, 5.74) is 5.79. The minimum atomic E-state index is -0.884. The summed E-state index contributed by atoms with van der Waals surface area (Å²) in [5, 5.41) is 10.4. The summed E-state index contributed by atoms with van der Waals surface area (Å²) in [4.78, 5) is 27.0. The Hall–Kier alpha value is -1.96. The summed E-state index contributed by atoms with van der Waals surface area (Å²) in [5.74, 6) is -1.08. The van der Waals surface area contributed by atoms with E-state index < -0.39 is 5.97 Å². The van der Waals surface area contributed by atoms with E-state index in [1.807, 2.05) is 0 Å². The van der Waals surface area contributed by atoms with E-state index in [2.05, 4.69) is 14.7 Å². The van der Waals surface area contributed by atoms with E-state index in [-0.39, 0.29) is 18.9 Å². The average Bonchev–Trinajstić information content (AvgIpc) is 2.78. The zero-order valence-electron chi connectivity index (χ0n) is 8.12. The van der Waals surface area contributed by atoms with Gasteiger partial charge in [-0.25, -0.2) is 4.98 Å². The molecule has 2 heterocycles. The summed E-state index contributed by atoms with van der Waals surface area (Å²) in [6.45, 7) is 0.125. The maximum Gasteiger partial charge on any atom is 0.309 e. The van der Waals surface area contributed by atoms with Crippen LogP contribution in [0.3, 0.4) is 0 Å². The average molecular weight is 243 g/mol. The lowest BCUT2D eigenvalue weighted by molar-refractivity contribution is -0.136. The van der Waals surface area contributed by atoms with Crippen molar-refractivity contribution in [2.24, 2.45) is 4.99 Å². The number of amides is 1. The number of nitrogen functional groups attached to an aromatic ring is 1. The maximum atomic E-state index is 10.1. The Morgan fingerprint density at radius 1 is 1.69 bits per heavy atom. The molecule has 0 unspecified atom stereocenters. The highest BCUT2D eigenvalue weighted by atomic mass is 32.1. The van der Waals surface area contributed by atoms with Crippen LogP contribution in [-0.4, -0.2) is 35.0 Å².